The number of rotatable bonds is 2. The van der Waals surface area contributed by atoms with Crippen LogP contribution in [0.5, 0.6) is 0 Å². The van der Waals surface area contributed by atoms with E-state index in [9.17, 15) is 4.79 Å². The second kappa shape index (κ2) is 3.69. The van der Waals surface area contributed by atoms with Crippen molar-refractivity contribution in [2.75, 3.05) is 30.4 Å². The van der Waals surface area contributed by atoms with Crippen LogP contribution >= 0.6 is 0 Å². The molecule has 0 radical (unpaired) electrons. The van der Waals surface area contributed by atoms with Crippen molar-refractivity contribution in [1.82, 2.24) is 9.97 Å². The third-order valence-corrected chi connectivity index (χ3v) is 2.43. The Hall–Kier alpha value is -1.52. The number of anilines is 2. The van der Waals surface area contributed by atoms with Crippen molar-refractivity contribution in [2.45, 2.75) is 12.8 Å². The summed E-state index contributed by atoms with van der Waals surface area (Å²) in [6.07, 6.45) is 2.37. The fourth-order valence-electron chi connectivity index (χ4n) is 1.69. The van der Waals surface area contributed by atoms with E-state index in [0.29, 0.717) is 5.82 Å². The van der Waals surface area contributed by atoms with Gasteiger partial charge in [0.25, 0.3) is 0 Å². The molecular weight excluding hydrogens is 180 g/mol. The summed E-state index contributed by atoms with van der Waals surface area (Å²) in [7, 11) is 1.78. The van der Waals surface area contributed by atoms with Gasteiger partial charge < -0.3 is 10.2 Å². The summed E-state index contributed by atoms with van der Waals surface area (Å²) in [5.41, 5.74) is -0.293. The molecule has 1 fully saturated rings. The first-order valence-corrected chi connectivity index (χ1v) is 4.83. The Kier molecular flexibility index (Phi) is 2.39. The van der Waals surface area contributed by atoms with Gasteiger partial charge >= 0.3 is 5.69 Å². The maximum Gasteiger partial charge on any atom is 0.348 e. The molecule has 2 heterocycles. The van der Waals surface area contributed by atoms with Gasteiger partial charge in [-0.2, -0.15) is 4.98 Å². The summed E-state index contributed by atoms with van der Waals surface area (Å²) >= 11 is 0. The fourth-order valence-corrected chi connectivity index (χ4v) is 1.69. The number of H-pyrrole nitrogens is 1. The van der Waals surface area contributed by atoms with E-state index in [2.05, 4.69) is 20.2 Å². The smallest absolute Gasteiger partial charge is 0.348 e. The fraction of sp³-hybridized carbons (Fsp3) is 0.556. The van der Waals surface area contributed by atoms with Gasteiger partial charge in [0.2, 0.25) is 0 Å². The summed E-state index contributed by atoms with van der Waals surface area (Å²) < 4.78 is 0. The molecule has 1 saturated heterocycles. The van der Waals surface area contributed by atoms with Crippen molar-refractivity contribution in [1.29, 1.82) is 0 Å². The molecule has 0 amide bonds. The molecule has 0 atom stereocenters. The number of hydrogen-bond acceptors (Lipinski definition) is 4. The van der Waals surface area contributed by atoms with E-state index in [-0.39, 0.29) is 5.69 Å². The molecule has 0 aromatic carbocycles. The molecule has 0 unspecified atom stereocenters. The number of nitrogens with one attached hydrogen (secondary N) is 2. The first-order chi connectivity index (χ1) is 6.79. The lowest BCUT2D eigenvalue weighted by Crippen LogP contribution is -2.23. The van der Waals surface area contributed by atoms with Gasteiger partial charge in [0, 0.05) is 26.2 Å². The minimum absolute atomic E-state index is 0.293. The van der Waals surface area contributed by atoms with Crippen LogP contribution in [0.25, 0.3) is 0 Å². The zero-order valence-electron chi connectivity index (χ0n) is 8.21. The van der Waals surface area contributed by atoms with Gasteiger partial charge in [0.05, 0.1) is 0 Å². The van der Waals surface area contributed by atoms with Crippen LogP contribution in [0, 0.1) is 0 Å². The van der Waals surface area contributed by atoms with Gasteiger partial charge in [0.1, 0.15) is 11.6 Å². The van der Waals surface area contributed by atoms with Crippen LogP contribution in [0.15, 0.2) is 10.9 Å². The predicted molar refractivity (Wildman–Crippen MR) is 55.9 cm³/mol. The predicted octanol–water partition coefficient (Wildman–Crippen LogP) is 0.412. The Morgan fingerprint density at radius 3 is 2.86 bits per heavy atom. The first kappa shape index (κ1) is 9.05. The van der Waals surface area contributed by atoms with Crippen LogP contribution in [-0.4, -0.2) is 30.1 Å². The van der Waals surface area contributed by atoms with Crippen molar-refractivity contribution in [3.05, 3.63) is 16.6 Å². The molecule has 0 saturated carbocycles. The third kappa shape index (κ3) is 1.71. The van der Waals surface area contributed by atoms with E-state index in [1.54, 1.807) is 7.05 Å². The minimum atomic E-state index is -0.293. The van der Waals surface area contributed by atoms with Gasteiger partial charge in [-0.25, -0.2) is 4.79 Å². The molecule has 1 aliphatic heterocycles. The van der Waals surface area contributed by atoms with E-state index >= 15 is 0 Å². The highest BCUT2D eigenvalue weighted by Gasteiger charge is 2.14. The average molecular weight is 194 g/mol. The van der Waals surface area contributed by atoms with Crippen molar-refractivity contribution in [3.8, 4) is 0 Å². The molecule has 0 spiro atoms. The summed E-state index contributed by atoms with van der Waals surface area (Å²) in [5.74, 6) is 1.49. The zero-order valence-corrected chi connectivity index (χ0v) is 8.21. The molecular formula is C9H14N4O. The topological polar surface area (TPSA) is 61.0 Å². The molecule has 5 heteroatoms. The van der Waals surface area contributed by atoms with Crippen molar-refractivity contribution in [3.63, 3.8) is 0 Å². The summed E-state index contributed by atoms with van der Waals surface area (Å²) in [6, 6.07) is 1.87. The molecule has 1 aromatic heterocycles. The van der Waals surface area contributed by atoms with Gasteiger partial charge in [-0.3, -0.25) is 4.98 Å². The molecule has 5 nitrogen and oxygen atoms in total. The Balaban J connectivity index is 2.32. The van der Waals surface area contributed by atoms with E-state index in [4.69, 9.17) is 0 Å². The monoisotopic (exact) mass is 194 g/mol. The van der Waals surface area contributed by atoms with Crippen LogP contribution < -0.4 is 15.9 Å². The highest BCUT2D eigenvalue weighted by Crippen LogP contribution is 2.17. The van der Waals surface area contributed by atoms with Gasteiger partial charge in [-0.15, -0.1) is 0 Å². The molecule has 2 rings (SSSR count). The van der Waals surface area contributed by atoms with Gasteiger partial charge in [-0.1, -0.05) is 0 Å². The summed E-state index contributed by atoms with van der Waals surface area (Å²) in [6.45, 7) is 2.00. The third-order valence-electron chi connectivity index (χ3n) is 2.43. The summed E-state index contributed by atoms with van der Waals surface area (Å²) in [4.78, 5) is 19.9. The van der Waals surface area contributed by atoms with Gasteiger partial charge in [-0.05, 0) is 12.8 Å². The van der Waals surface area contributed by atoms with Gasteiger partial charge in [0.15, 0.2) is 0 Å². The largest absolute Gasteiger partial charge is 0.374 e. The van der Waals surface area contributed by atoms with Crippen LogP contribution in [0.4, 0.5) is 11.6 Å². The lowest BCUT2D eigenvalue weighted by Gasteiger charge is -2.16. The molecule has 2 N–H and O–H groups in total. The normalized spacial score (nSPS) is 15.9. The van der Waals surface area contributed by atoms with Crippen LogP contribution in [0.2, 0.25) is 0 Å². The first-order valence-electron chi connectivity index (χ1n) is 4.83. The van der Waals surface area contributed by atoms with Crippen LogP contribution in [-0.2, 0) is 0 Å². The quantitative estimate of drug-likeness (QED) is 0.716. The highest BCUT2D eigenvalue weighted by atomic mass is 16.1. The van der Waals surface area contributed by atoms with E-state index < -0.39 is 0 Å². The Bertz CT molecular complexity index is 367. The molecule has 0 bridgehead atoms. The van der Waals surface area contributed by atoms with E-state index in [1.807, 2.05) is 6.07 Å². The van der Waals surface area contributed by atoms with E-state index in [1.165, 1.54) is 12.8 Å². The molecule has 14 heavy (non-hydrogen) atoms. The molecule has 76 valence electrons. The van der Waals surface area contributed by atoms with Crippen molar-refractivity contribution >= 4 is 11.6 Å². The highest BCUT2D eigenvalue weighted by molar-refractivity contribution is 5.48. The van der Waals surface area contributed by atoms with Crippen molar-refractivity contribution < 1.29 is 0 Å². The minimum Gasteiger partial charge on any atom is -0.374 e. The standard InChI is InChI=1S/C9H14N4O/c1-10-7-6-8(12-9(14)11-7)13-4-2-3-5-13/h6H,2-5H2,1H3,(H2,10,11,12,14). The van der Waals surface area contributed by atoms with Crippen LogP contribution in [0.3, 0.4) is 0 Å². The number of aromatic amines is 1. The second-order valence-electron chi connectivity index (χ2n) is 3.40. The van der Waals surface area contributed by atoms with Crippen LogP contribution in [0.1, 0.15) is 12.8 Å². The molecule has 1 aliphatic rings. The Morgan fingerprint density at radius 1 is 1.50 bits per heavy atom. The zero-order chi connectivity index (χ0) is 9.97. The maximum absolute atomic E-state index is 11.2. The number of hydrogen-bond donors (Lipinski definition) is 2. The maximum atomic E-state index is 11.2. The Morgan fingerprint density at radius 2 is 2.21 bits per heavy atom. The lowest BCUT2D eigenvalue weighted by molar-refractivity contribution is 0.913. The number of aromatic nitrogens is 2. The van der Waals surface area contributed by atoms with E-state index in [0.717, 1.165) is 18.9 Å². The lowest BCUT2D eigenvalue weighted by atomic mass is 10.4. The Labute approximate surface area is 82.2 Å². The molecule has 1 aromatic rings. The summed E-state index contributed by atoms with van der Waals surface area (Å²) in [5, 5.41) is 2.91. The number of nitrogens with zero attached hydrogens (tertiary/aromatic N) is 2. The SMILES string of the molecule is CNc1cc(N2CCCC2)nc(=O)[nH]1. The average Bonchev–Trinajstić information content (AvgIpc) is 2.69. The van der Waals surface area contributed by atoms with Crippen molar-refractivity contribution in [2.24, 2.45) is 0 Å². The second-order valence-corrected chi connectivity index (χ2v) is 3.40. The molecule has 0 aliphatic carbocycles.